The van der Waals surface area contributed by atoms with E-state index in [-0.39, 0.29) is 0 Å². The topological polar surface area (TPSA) is 21.7 Å². The molecule has 0 N–H and O–H groups in total. The lowest BCUT2D eigenvalue weighted by Gasteiger charge is -2.28. The second kappa shape index (κ2) is 21.4. The minimum Gasteiger partial charge on any atom is -0.497 e. The maximum Gasteiger partial charge on any atom is 0.118 e. The van der Waals surface area contributed by atoms with Crippen molar-refractivity contribution in [3.8, 4) is 11.5 Å². The summed E-state index contributed by atoms with van der Waals surface area (Å²) in [6, 6.07) is 83.9. The van der Waals surface area contributed by atoms with Gasteiger partial charge in [-0.3, -0.25) is 0 Å². The van der Waals surface area contributed by atoms with Crippen molar-refractivity contribution < 1.29 is 9.47 Å². The second-order valence-electron chi connectivity index (χ2n) is 19.1. The standard InChI is InChI=1S/C70H59NO2/c1-49(69(61-27-25-52-15-7-10-18-58(52)46-61)62-28-26-53-16-8-11-19-59(53)47-62)21-22-50-23-36-63(37-24-50)71(65-40-29-54-17-9-12-20-60(54)48-65)64-38-30-55(31-39-64)68(45-51-13-5-4-6-14-51)70(56-32-41-66(72-2)42-33-56)57-34-43-67(73-3)44-35-57/h4-8,10-11,13-16,18-19,21-44,46-48H,9,12,17,20,45H2,1-3H3/b22-21+. The SMILES string of the molecule is COc1ccc(C(=C(Cc2ccccc2)c2ccc(N(c3ccc(/C=C/C(C)=C(c4ccc5ccccc5c4)c4ccc5ccccc5c4)cc3)c3ccc4c(c3)CCCC4)cc2)c2ccc(OC)cc2)cc1. The van der Waals surface area contributed by atoms with Crippen LogP contribution in [0.1, 0.15) is 69.8 Å². The Balaban J connectivity index is 0.983. The Morgan fingerprint density at radius 2 is 0.904 bits per heavy atom. The highest BCUT2D eigenvalue weighted by molar-refractivity contribution is 6.00. The molecule has 0 spiro atoms. The van der Waals surface area contributed by atoms with Crippen LogP contribution in [-0.4, -0.2) is 14.2 Å². The van der Waals surface area contributed by atoms with Crippen molar-refractivity contribution in [3.05, 3.63) is 292 Å². The summed E-state index contributed by atoms with van der Waals surface area (Å²) in [6.45, 7) is 2.24. The van der Waals surface area contributed by atoms with Gasteiger partial charge in [-0.25, -0.2) is 0 Å². The zero-order valence-electron chi connectivity index (χ0n) is 41.9. The number of ether oxygens (including phenoxy) is 2. The molecule has 0 fully saturated rings. The number of allylic oxidation sites excluding steroid dienone is 3. The number of aryl methyl sites for hydroxylation is 2. The first-order chi connectivity index (χ1) is 36.0. The van der Waals surface area contributed by atoms with E-state index in [9.17, 15) is 0 Å². The molecule has 0 atom stereocenters. The van der Waals surface area contributed by atoms with E-state index in [0.717, 1.165) is 64.4 Å². The number of nitrogens with zero attached hydrogens (tertiary/aromatic N) is 1. The van der Waals surface area contributed by atoms with Gasteiger partial charge in [0.2, 0.25) is 0 Å². The predicted molar refractivity (Wildman–Crippen MR) is 308 cm³/mol. The molecule has 0 saturated heterocycles. The molecule has 73 heavy (non-hydrogen) atoms. The maximum atomic E-state index is 5.61. The van der Waals surface area contributed by atoms with E-state index in [2.05, 4.69) is 230 Å². The van der Waals surface area contributed by atoms with Gasteiger partial charge >= 0.3 is 0 Å². The van der Waals surface area contributed by atoms with Crippen LogP contribution in [0.25, 0.3) is 44.3 Å². The number of methoxy groups -OCH3 is 2. The fourth-order valence-electron chi connectivity index (χ4n) is 10.6. The molecule has 0 aliphatic heterocycles. The summed E-state index contributed by atoms with van der Waals surface area (Å²) in [7, 11) is 3.43. The van der Waals surface area contributed by atoms with Gasteiger partial charge in [0, 0.05) is 17.1 Å². The molecule has 3 nitrogen and oxygen atoms in total. The average Bonchev–Trinajstić information content (AvgIpc) is 3.45. The molecule has 1 aliphatic carbocycles. The molecule has 10 aromatic carbocycles. The molecule has 0 unspecified atom stereocenters. The monoisotopic (exact) mass is 945 g/mol. The predicted octanol–water partition coefficient (Wildman–Crippen LogP) is 18.1. The molecular weight excluding hydrogens is 887 g/mol. The number of anilines is 3. The number of benzene rings is 10. The molecule has 0 aromatic heterocycles. The Bertz CT molecular complexity index is 3510. The summed E-state index contributed by atoms with van der Waals surface area (Å²) < 4.78 is 11.2. The van der Waals surface area contributed by atoms with Crippen LogP contribution in [0.15, 0.2) is 242 Å². The summed E-state index contributed by atoms with van der Waals surface area (Å²) in [5.41, 5.74) is 19.4. The van der Waals surface area contributed by atoms with E-state index in [0.29, 0.717) is 0 Å². The molecule has 11 rings (SSSR count). The largest absolute Gasteiger partial charge is 0.497 e. The summed E-state index contributed by atoms with van der Waals surface area (Å²) in [4.78, 5) is 2.42. The zero-order valence-corrected chi connectivity index (χ0v) is 41.9. The lowest BCUT2D eigenvalue weighted by Crippen LogP contribution is -2.12. The lowest BCUT2D eigenvalue weighted by molar-refractivity contribution is 0.414. The van der Waals surface area contributed by atoms with Crippen LogP contribution in [0.3, 0.4) is 0 Å². The summed E-state index contributed by atoms with van der Waals surface area (Å²) in [5.74, 6) is 1.65. The van der Waals surface area contributed by atoms with Gasteiger partial charge in [0.1, 0.15) is 11.5 Å². The molecule has 0 bridgehead atoms. The van der Waals surface area contributed by atoms with Crippen LogP contribution in [0, 0.1) is 0 Å². The van der Waals surface area contributed by atoms with Gasteiger partial charge in [0.15, 0.2) is 0 Å². The van der Waals surface area contributed by atoms with Gasteiger partial charge in [-0.2, -0.15) is 0 Å². The fourth-order valence-corrected chi connectivity index (χ4v) is 10.6. The second-order valence-corrected chi connectivity index (χ2v) is 19.1. The molecular formula is C70H59NO2. The van der Waals surface area contributed by atoms with Crippen LogP contribution in [0.2, 0.25) is 0 Å². The Labute approximate surface area is 430 Å². The van der Waals surface area contributed by atoms with Crippen LogP contribution in [-0.2, 0) is 19.3 Å². The highest BCUT2D eigenvalue weighted by Crippen LogP contribution is 2.41. The fraction of sp³-hybridized carbons (Fsp3) is 0.114. The van der Waals surface area contributed by atoms with Gasteiger partial charge in [0.25, 0.3) is 0 Å². The number of rotatable bonds is 14. The van der Waals surface area contributed by atoms with Gasteiger partial charge in [-0.1, -0.05) is 170 Å². The van der Waals surface area contributed by atoms with E-state index in [1.54, 1.807) is 14.2 Å². The molecule has 0 saturated carbocycles. The van der Waals surface area contributed by atoms with Gasteiger partial charge in [0.05, 0.1) is 14.2 Å². The first-order valence-corrected chi connectivity index (χ1v) is 25.5. The zero-order chi connectivity index (χ0) is 49.5. The van der Waals surface area contributed by atoms with Crippen molar-refractivity contribution >= 4 is 61.4 Å². The molecule has 1 aliphatic rings. The summed E-state index contributed by atoms with van der Waals surface area (Å²) >= 11 is 0. The average molecular weight is 946 g/mol. The van der Waals surface area contributed by atoms with Gasteiger partial charge in [-0.05, 0) is 206 Å². The molecule has 3 heteroatoms. The van der Waals surface area contributed by atoms with E-state index in [1.165, 1.54) is 90.2 Å². The lowest BCUT2D eigenvalue weighted by atomic mass is 9.86. The molecule has 0 heterocycles. The molecule has 0 amide bonds. The Hall–Kier alpha value is -8.66. The highest BCUT2D eigenvalue weighted by atomic mass is 16.5. The molecule has 10 aromatic rings. The third-order valence-corrected chi connectivity index (χ3v) is 14.5. The maximum absolute atomic E-state index is 5.61. The number of fused-ring (bicyclic) bond motifs is 3. The minimum atomic E-state index is 0.748. The van der Waals surface area contributed by atoms with E-state index in [4.69, 9.17) is 9.47 Å². The van der Waals surface area contributed by atoms with Crippen molar-refractivity contribution in [2.24, 2.45) is 0 Å². The minimum absolute atomic E-state index is 0.748. The van der Waals surface area contributed by atoms with Crippen LogP contribution in [0.4, 0.5) is 17.1 Å². The van der Waals surface area contributed by atoms with Crippen LogP contribution in [0.5, 0.6) is 11.5 Å². The van der Waals surface area contributed by atoms with E-state index < -0.39 is 0 Å². The van der Waals surface area contributed by atoms with Crippen molar-refractivity contribution in [3.63, 3.8) is 0 Å². The van der Waals surface area contributed by atoms with Crippen LogP contribution >= 0.6 is 0 Å². The number of hydrogen-bond acceptors (Lipinski definition) is 3. The van der Waals surface area contributed by atoms with Crippen molar-refractivity contribution in [1.82, 2.24) is 0 Å². The smallest absolute Gasteiger partial charge is 0.118 e. The quantitative estimate of drug-likeness (QED) is 0.0801. The Morgan fingerprint density at radius 1 is 0.425 bits per heavy atom. The Morgan fingerprint density at radius 3 is 1.47 bits per heavy atom. The van der Waals surface area contributed by atoms with E-state index >= 15 is 0 Å². The van der Waals surface area contributed by atoms with Crippen molar-refractivity contribution in [1.29, 1.82) is 0 Å². The van der Waals surface area contributed by atoms with E-state index in [1.807, 2.05) is 24.3 Å². The summed E-state index contributed by atoms with van der Waals surface area (Å²) in [6.07, 6.45) is 10.0. The van der Waals surface area contributed by atoms with Crippen molar-refractivity contribution in [2.45, 2.75) is 39.0 Å². The van der Waals surface area contributed by atoms with Gasteiger partial charge in [-0.15, -0.1) is 0 Å². The third-order valence-electron chi connectivity index (χ3n) is 14.5. The normalized spacial score (nSPS) is 12.1. The molecule has 356 valence electrons. The van der Waals surface area contributed by atoms with Crippen LogP contribution < -0.4 is 14.4 Å². The van der Waals surface area contributed by atoms with Gasteiger partial charge < -0.3 is 14.4 Å². The highest BCUT2D eigenvalue weighted by Gasteiger charge is 2.20. The van der Waals surface area contributed by atoms with Crippen molar-refractivity contribution in [2.75, 3.05) is 19.1 Å². The third kappa shape index (κ3) is 10.3. The first-order valence-electron chi connectivity index (χ1n) is 25.5. The molecule has 0 radical (unpaired) electrons. The summed E-state index contributed by atoms with van der Waals surface area (Å²) in [5, 5.41) is 4.96. The first kappa shape index (κ1) is 46.7. The Kier molecular flexibility index (Phi) is 13.7. The number of hydrogen-bond donors (Lipinski definition) is 0.